The molecule has 3 heterocycles. The van der Waals surface area contributed by atoms with E-state index >= 15 is 0 Å². The Balaban J connectivity index is 1.37. The number of ether oxygens (including phenoxy) is 1. The van der Waals surface area contributed by atoms with E-state index in [0.717, 1.165) is 55.6 Å². The number of carbonyl (C=O) groups excluding carboxylic acids is 2. The van der Waals surface area contributed by atoms with E-state index in [1.165, 1.54) is 38.5 Å². The van der Waals surface area contributed by atoms with Crippen molar-refractivity contribution < 1.29 is 14.3 Å². The van der Waals surface area contributed by atoms with Crippen molar-refractivity contribution in [2.75, 3.05) is 51.3 Å². The van der Waals surface area contributed by atoms with Crippen LogP contribution in [-0.4, -0.2) is 85.5 Å². The first kappa shape index (κ1) is 34.1. The van der Waals surface area contributed by atoms with Gasteiger partial charge >= 0.3 is 0 Å². The molecule has 1 aliphatic carbocycles. The second kappa shape index (κ2) is 15.7. The number of nitrogens with zero attached hydrogens (tertiary/aromatic N) is 2. The maximum atomic E-state index is 13.8. The van der Waals surface area contributed by atoms with Gasteiger partial charge in [0, 0.05) is 66.5 Å². The highest BCUT2D eigenvalue weighted by Crippen LogP contribution is 2.37. The molecule has 3 unspecified atom stereocenters. The Labute approximate surface area is 284 Å². The Kier molecular flexibility index (Phi) is 11.4. The van der Waals surface area contributed by atoms with Gasteiger partial charge < -0.3 is 26.4 Å². The molecule has 47 heavy (non-hydrogen) atoms. The fourth-order valence-corrected chi connectivity index (χ4v) is 8.34. The van der Waals surface area contributed by atoms with Crippen LogP contribution in [0.3, 0.4) is 0 Å². The van der Waals surface area contributed by atoms with Crippen molar-refractivity contribution in [3.05, 3.63) is 53.1 Å². The van der Waals surface area contributed by atoms with Crippen LogP contribution in [0.15, 0.2) is 42.5 Å². The Morgan fingerprint density at radius 2 is 1.66 bits per heavy atom. The Bertz CT molecular complexity index is 1380. The van der Waals surface area contributed by atoms with Crippen molar-refractivity contribution in [1.29, 1.82) is 0 Å². The van der Waals surface area contributed by atoms with E-state index in [1.807, 2.05) is 47.4 Å². The Morgan fingerprint density at radius 1 is 0.936 bits per heavy atom. The van der Waals surface area contributed by atoms with E-state index in [4.69, 9.17) is 27.8 Å². The zero-order chi connectivity index (χ0) is 32.8. The van der Waals surface area contributed by atoms with Crippen LogP contribution in [0.25, 0.3) is 11.1 Å². The third-order valence-corrected chi connectivity index (χ3v) is 11.0. The molecule has 6 rings (SSSR count). The summed E-state index contributed by atoms with van der Waals surface area (Å²) < 4.78 is 5.51. The number of nitrogens with two attached hydrogens (primary N) is 2. The van der Waals surface area contributed by atoms with Gasteiger partial charge in [0.05, 0.1) is 25.3 Å². The quantitative estimate of drug-likeness (QED) is 0.295. The number of hydrogen-bond acceptors (Lipinski definition) is 8. The molecule has 10 nitrogen and oxygen atoms in total. The van der Waals surface area contributed by atoms with Gasteiger partial charge in [-0.15, -0.1) is 0 Å². The summed E-state index contributed by atoms with van der Waals surface area (Å²) in [7, 11) is 0. The summed E-state index contributed by atoms with van der Waals surface area (Å²) in [6.07, 6.45) is 11.2. The zero-order valence-electron chi connectivity index (χ0n) is 27.5. The van der Waals surface area contributed by atoms with Gasteiger partial charge in [0.2, 0.25) is 5.91 Å². The third kappa shape index (κ3) is 7.95. The van der Waals surface area contributed by atoms with Crippen LogP contribution in [0.2, 0.25) is 5.02 Å². The van der Waals surface area contributed by atoms with Gasteiger partial charge in [0.1, 0.15) is 5.79 Å². The molecule has 0 bridgehead atoms. The lowest BCUT2D eigenvalue weighted by atomic mass is 9.84. The lowest BCUT2D eigenvalue weighted by Crippen LogP contribution is -2.80. The van der Waals surface area contributed by atoms with Gasteiger partial charge in [-0.2, -0.15) is 0 Å². The Hall–Kier alpha value is -2.73. The highest BCUT2D eigenvalue weighted by atomic mass is 35.5. The molecule has 11 heteroatoms. The molecule has 4 fully saturated rings. The monoisotopic (exact) mass is 665 g/mol. The molecular formula is C36H52ClN7O3. The van der Waals surface area contributed by atoms with Gasteiger partial charge in [0.25, 0.3) is 5.91 Å². The number of piperidine rings is 1. The van der Waals surface area contributed by atoms with Crippen molar-refractivity contribution in [3.63, 3.8) is 0 Å². The minimum Gasteiger partial charge on any atom is -0.378 e. The summed E-state index contributed by atoms with van der Waals surface area (Å²) >= 11 is 6.68. The number of halogens is 1. The normalized spacial score (nSPS) is 28.6. The van der Waals surface area contributed by atoms with E-state index in [1.54, 1.807) is 0 Å². The lowest BCUT2D eigenvalue weighted by Gasteiger charge is -2.57. The van der Waals surface area contributed by atoms with Crippen LogP contribution in [0.1, 0.15) is 74.6 Å². The molecule has 2 amide bonds. The van der Waals surface area contributed by atoms with Gasteiger partial charge in [-0.3, -0.25) is 25.1 Å². The summed E-state index contributed by atoms with van der Waals surface area (Å²) in [5.74, 6) is -1.18. The second-order valence-corrected chi connectivity index (χ2v) is 14.3. The van der Waals surface area contributed by atoms with Gasteiger partial charge in [0.15, 0.2) is 0 Å². The molecule has 0 spiro atoms. The second-order valence-electron chi connectivity index (χ2n) is 13.8. The average Bonchev–Trinajstić information content (AvgIpc) is 3.23. The van der Waals surface area contributed by atoms with Gasteiger partial charge in [-0.05, 0) is 55.5 Å². The van der Waals surface area contributed by atoms with Crippen LogP contribution in [0.4, 0.5) is 5.69 Å². The molecule has 4 atom stereocenters. The molecule has 3 aliphatic heterocycles. The number of primary amides is 1. The number of benzene rings is 2. The van der Waals surface area contributed by atoms with Gasteiger partial charge in [-0.25, -0.2) is 0 Å². The number of likely N-dealkylation sites (tertiary alicyclic amines) is 1. The maximum Gasteiger partial charge on any atom is 0.254 e. The van der Waals surface area contributed by atoms with E-state index in [9.17, 15) is 9.59 Å². The highest BCUT2D eigenvalue weighted by Gasteiger charge is 2.50. The summed E-state index contributed by atoms with van der Waals surface area (Å²) in [4.78, 5) is 31.2. The number of carbonyl (C=O) groups is 2. The van der Waals surface area contributed by atoms with Crippen LogP contribution in [0.5, 0.6) is 0 Å². The number of morpholine rings is 1. The first-order valence-electron chi connectivity index (χ1n) is 17.7. The molecular weight excluding hydrogens is 614 g/mol. The predicted molar refractivity (Wildman–Crippen MR) is 187 cm³/mol. The number of anilines is 1. The SMILES string of the molecule is NC(=O)C1CNC(C2CCCCCCCC2)(N2CCC[C@H](N)C2)NC1Nc1cc(C(=O)N2CCOCC2)cc(-c2ccccc2Cl)c1. The summed E-state index contributed by atoms with van der Waals surface area (Å²) in [5, 5.41) is 12.1. The van der Waals surface area contributed by atoms with E-state index in [2.05, 4.69) is 20.9 Å². The smallest absolute Gasteiger partial charge is 0.254 e. The molecule has 4 aliphatic rings. The van der Waals surface area contributed by atoms with E-state index in [0.29, 0.717) is 49.4 Å². The van der Waals surface area contributed by atoms with E-state index in [-0.39, 0.29) is 17.9 Å². The fourth-order valence-electron chi connectivity index (χ4n) is 8.09. The number of amides is 2. The van der Waals surface area contributed by atoms with Gasteiger partial charge in [-0.1, -0.05) is 68.3 Å². The Morgan fingerprint density at radius 3 is 2.36 bits per heavy atom. The molecule has 256 valence electrons. The first-order valence-corrected chi connectivity index (χ1v) is 18.1. The number of rotatable bonds is 7. The van der Waals surface area contributed by atoms with Crippen LogP contribution in [-0.2, 0) is 9.53 Å². The molecule has 2 aromatic rings. The molecule has 0 radical (unpaired) electrons. The number of hydrogen-bond donors (Lipinski definition) is 5. The zero-order valence-corrected chi connectivity index (χ0v) is 28.3. The van der Waals surface area contributed by atoms with Crippen molar-refractivity contribution >= 4 is 29.1 Å². The van der Waals surface area contributed by atoms with Crippen LogP contribution >= 0.6 is 11.6 Å². The average molecular weight is 666 g/mol. The van der Waals surface area contributed by atoms with Crippen LogP contribution < -0.4 is 27.4 Å². The summed E-state index contributed by atoms with van der Waals surface area (Å²) in [5.41, 5.74) is 15.6. The lowest BCUT2D eigenvalue weighted by molar-refractivity contribution is -0.128. The topological polar surface area (TPSA) is 138 Å². The predicted octanol–water partition coefficient (Wildman–Crippen LogP) is 4.34. The van der Waals surface area contributed by atoms with E-state index < -0.39 is 17.9 Å². The third-order valence-electron chi connectivity index (χ3n) is 10.6. The molecule has 3 saturated heterocycles. The summed E-state index contributed by atoms with van der Waals surface area (Å²) in [6, 6.07) is 13.6. The molecule has 1 saturated carbocycles. The van der Waals surface area contributed by atoms with Crippen molar-refractivity contribution in [2.24, 2.45) is 23.3 Å². The molecule has 0 aromatic heterocycles. The summed E-state index contributed by atoms with van der Waals surface area (Å²) in [6.45, 7) is 4.27. The highest BCUT2D eigenvalue weighted by molar-refractivity contribution is 6.33. The minimum atomic E-state index is -0.543. The first-order chi connectivity index (χ1) is 22.8. The van der Waals surface area contributed by atoms with Crippen LogP contribution in [0, 0.1) is 11.8 Å². The van der Waals surface area contributed by atoms with Crippen molar-refractivity contribution in [2.45, 2.75) is 82.2 Å². The fraction of sp³-hybridized carbons (Fsp3) is 0.611. The minimum absolute atomic E-state index is 0.0581. The largest absolute Gasteiger partial charge is 0.378 e. The van der Waals surface area contributed by atoms with Crippen molar-refractivity contribution in [3.8, 4) is 11.1 Å². The standard InChI is InChI=1S/C36H52ClN7O3/c37-32-14-8-7-13-30(32)25-20-26(35(46)43-16-18-47-19-17-43)22-29(21-25)41-34-31(33(39)45)23-40-36(42-34,44-15-9-12-28(38)24-44)27-10-5-3-1-2-4-6-11-27/h7-8,13-14,20-22,27-28,31,34,40-42H,1-6,9-12,15-19,23-24,38H2,(H2,39,45)/t28-,31?,34?,36?/m0/s1. The molecule has 7 N–H and O–H groups in total. The molecule has 2 aromatic carbocycles. The number of nitrogens with one attached hydrogen (secondary N) is 3. The van der Waals surface area contributed by atoms with Crippen molar-refractivity contribution in [1.82, 2.24) is 20.4 Å². The maximum absolute atomic E-state index is 13.8.